The van der Waals surface area contributed by atoms with Crippen LogP contribution in [0.2, 0.25) is 0 Å². The van der Waals surface area contributed by atoms with E-state index in [0.29, 0.717) is 40.3 Å². The summed E-state index contributed by atoms with van der Waals surface area (Å²) in [5, 5.41) is 14.8. The molecule has 1 aliphatic carbocycles. The fourth-order valence-corrected chi connectivity index (χ4v) is 4.98. The molecule has 212 valence electrons. The number of nitrogens with one attached hydrogen (secondary N) is 2. The molecule has 41 heavy (non-hydrogen) atoms. The second-order valence-electron chi connectivity index (χ2n) is 11.1. The van der Waals surface area contributed by atoms with Gasteiger partial charge in [0.2, 0.25) is 5.95 Å². The molecular formula is C30H34N8O3. The Morgan fingerprint density at radius 1 is 1.00 bits per heavy atom. The molecule has 2 amide bonds. The van der Waals surface area contributed by atoms with E-state index in [1.807, 2.05) is 37.7 Å². The van der Waals surface area contributed by atoms with E-state index in [4.69, 9.17) is 10.5 Å². The van der Waals surface area contributed by atoms with Gasteiger partial charge < -0.3 is 21.1 Å². The second-order valence-corrected chi connectivity index (χ2v) is 11.1. The van der Waals surface area contributed by atoms with Gasteiger partial charge in [-0.15, -0.1) is 5.10 Å². The third-order valence-electron chi connectivity index (χ3n) is 7.06. The number of rotatable bonds is 7. The first-order chi connectivity index (χ1) is 19.7. The smallest absolute Gasteiger partial charge is 0.408 e. The zero-order chi connectivity index (χ0) is 29.0. The van der Waals surface area contributed by atoms with Gasteiger partial charge in [-0.25, -0.2) is 19.4 Å². The number of ether oxygens (including phenoxy) is 1. The molecule has 11 heteroatoms. The van der Waals surface area contributed by atoms with Crippen LogP contribution in [0.5, 0.6) is 5.75 Å². The summed E-state index contributed by atoms with van der Waals surface area (Å²) in [4.78, 5) is 33.6. The number of anilines is 3. The third-order valence-corrected chi connectivity index (χ3v) is 7.06. The van der Waals surface area contributed by atoms with E-state index in [2.05, 4.69) is 30.9 Å². The minimum atomic E-state index is -0.956. The van der Waals surface area contributed by atoms with Crippen LogP contribution in [-0.2, 0) is 5.41 Å². The van der Waals surface area contributed by atoms with E-state index >= 15 is 0 Å². The molecule has 0 spiro atoms. The van der Waals surface area contributed by atoms with Crippen molar-refractivity contribution in [1.29, 1.82) is 0 Å². The summed E-state index contributed by atoms with van der Waals surface area (Å²) in [6.07, 6.45) is 8.63. The van der Waals surface area contributed by atoms with Crippen LogP contribution in [0.15, 0.2) is 60.9 Å². The lowest BCUT2D eigenvalue weighted by Gasteiger charge is -2.24. The van der Waals surface area contributed by atoms with Gasteiger partial charge in [-0.1, -0.05) is 57.4 Å². The predicted molar refractivity (Wildman–Crippen MR) is 156 cm³/mol. The van der Waals surface area contributed by atoms with Crippen LogP contribution >= 0.6 is 0 Å². The maximum atomic E-state index is 13.2. The number of carbonyl (C=O) groups excluding carboxylic acids is 2. The zero-order valence-electron chi connectivity index (χ0n) is 23.4. The molecule has 1 saturated carbocycles. The van der Waals surface area contributed by atoms with E-state index in [-0.39, 0.29) is 17.1 Å². The number of nitrogens with two attached hydrogens (primary N) is 1. The Morgan fingerprint density at radius 3 is 2.46 bits per heavy atom. The van der Waals surface area contributed by atoms with Gasteiger partial charge in [-0.3, -0.25) is 4.79 Å². The summed E-state index contributed by atoms with van der Waals surface area (Å²) in [5.41, 5.74) is 8.62. The molecule has 2 heterocycles. The predicted octanol–water partition coefficient (Wildman–Crippen LogP) is 5.99. The molecule has 0 atom stereocenters. The Bertz CT molecular complexity index is 1540. The molecule has 2 aromatic heterocycles. The Labute approximate surface area is 238 Å². The molecule has 0 radical (unpaired) electrons. The molecule has 0 bridgehead atoms. The summed E-state index contributed by atoms with van der Waals surface area (Å²) in [5.74, 6) is 0.230. The van der Waals surface area contributed by atoms with Gasteiger partial charge in [0, 0.05) is 17.4 Å². The number of benzene rings is 2. The van der Waals surface area contributed by atoms with Crippen molar-refractivity contribution >= 4 is 29.3 Å². The molecule has 2 aromatic carbocycles. The van der Waals surface area contributed by atoms with Crippen molar-refractivity contribution in [3.8, 4) is 17.1 Å². The monoisotopic (exact) mass is 554 g/mol. The summed E-state index contributed by atoms with van der Waals surface area (Å²) in [7, 11) is 0. The standard InChI is InChI=1S/C30H34N8O3/c1-30(2,3)22-10-7-11-25(41-28(31)40)26(22)35-27(39)19-12-14-20(15-13-19)33-29-32-17-16-23(34-29)24-18-38(37-36-24)21-8-5-4-6-9-21/h7,10-18,21H,4-6,8-9H2,1-3H3,(H2,31,40)(H,35,39)(H,32,33,34). The van der Waals surface area contributed by atoms with Gasteiger partial charge in [-0.2, -0.15) is 0 Å². The highest BCUT2D eigenvalue weighted by Crippen LogP contribution is 2.37. The number of amides is 2. The molecule has 5 rings (SSSR count). The lowest BCUT2D eigenvalue weighted by atomic mass is 9.85. The average Bonchev–Trinajstić information content (AvgIpc) is 3.45. The SMILES string of the molecule is CC(C)(C)c1cccc(OC(N)=O)c1NC(=O)c1ccc(Nc2nccc(-c3cn(C4CCCCC4)nn3)n2)cc1. The normalized spacial score (nSPS) is 13.9. The fourth-order valence-electron chi connectivity index (χ4n) is 4.98. The minimum absolute atomic E-state index is 0.187. The second kappa shape index (κ2) is 11.7. The molecule has 1 fully saturated rings. The molecule has 4 N–H and O–H groups in total. The van der Waals surface area contributed by atoms with Crippen molar-refractivity contribution in [3.63, 3.8) is 0 Å². The van der Waals surface area contributed by atoms with Gasteiger partial charge in [0.05, 0.1) is 23.6 Å². The fraction of sp³-hybridized carbons (Fsp3) is 0.333. The summed E-state index contributed by atoms with van der Waals surface area (Å²) >= 11 is 0. The largest absolute Gasteiger partial charge is 0.410 e. The first-order valence-electron chi connectivity index (χ1n) is 13.7. The molecular weight excluding hydrogens is 520 g/mol. The van der Waals surface area contributed by atoms with Crippen molar-refractivity contribution in [1.82, 2.24) is 25.0 Å². The van der Waals surface area contributed by atoms with E-state index < -0.39 is 6.09 Å². The quantitative estimate of drug-likeness (QED) is 0.252. The Hall–Kier alpha value is -4.80. The average molecular weight is 555 g/mol. The number of primary amides is 1. The Morgan fingerprint density at radius 2 is 1.76 bits per heavy atom. The van der Waals surface area contributed by atoms with Gasteiger partial charge in [0.25, 0.3) is 5.91 Å². The van der Waals surface area contributed by atoms with E-state index in [1.165, 1.54) is 19.3 Å². The Kier molecular flexibility index (Phi) is 7.95. The van der Waals surface area contributed by atoms with Crippen molar-refractivity contribution in [3.05, 3.63) is 72.1 Å². The lowest BCUT2D eigenvalue weighted by Crippen LogP contribution is -2.22. The number of nitrogens with zero attached hydrogens (tertiary/aromatic N) is 5. The van der Waals surface area contributed by atoms with Crippen LogP contribution in [-0.4, -0.2) is 37.0 Å². The summed E-state index contributed by atoms with van der Waals surface area (Å²) in [6, 6.07) is 14.3. The minimum Gasteiger partial charge on any atom is -0.408 e. The molecule has 11 nitrogen and oxygen atoms in total. The number of para-hydroxylation sites is 1. The highest BCUT2D eigenvalue weighted by Gasteiger charge is 2.23. The number of aromatic nitrogens is 5. The van der Waals surface area contributed by atoms with Crippen LogP contribution in [0.4, 0.5) is 22.1 Å². The van der Waals surface area contributed by atoms with Crippen LogP contribution in [0, 0.1) is 0 Å². The Balaban J connectivity index is 1.29. The van der Waals surface area contributed by atoms with Gasteiger partial charge in [0.15, 0.2) is 5.75 Å². The van der Waals surface area contributed by atoms with Crippen molar-refractivity contribution in [2.45, 2.75) is 64.3 Å². The highest BCUT2D eigenvalue weighted by atomic mass is 16.5. The summed E-state index contributed by atoms with van der Waals surface area (Å²) in [6.45, 7) is 6.01. The van der Waals surface area contributed by atoms with E-state index in [9.17, 15) is 9.59 Å². The van der Waals surface area contributed by atoms with Crippen LogP contribution in [0.3, 0.4) is 0 Å². The maximum Gasteiger partial charge on any atom is 0.410 e. The molecule has 1 aliphatic rings. The molecule has 4 aromatic rings. The van der Waals surface area contributed by atoms with E-state index in [0.717, 1.165) is 18.4 Å². The van der Waals surface area contributed by atoms with Crippen molar-refractivity contribution < 1.29 is 14.3 Å². The first-order valence-corrected chi connectivity index (χ1v) is 13.7. The van der Waals surface area contributed by atoms with E-state index in [1.54, 1.807) is 48.7 Å². The number of carbonyl (C=O) groups is 2. The van der Waals surface area contributed by atoms with Crippen molar-refractivity contribution in [2.75, 3.05) is 10.6 Å². The van der Waals surface area contributed by atoms with Gasteiger partial charge >= 0.3 is 6.09 Å². The highest BCUT2D eigenvalue weighted by molar-refractivity contribution is 6.06. The van der Waals surface area contributed by atoms with Crippen LogP contribution in [0.25, 0.3) is 11.4 Å². The van der Waals surface area contributed by atoms with Gasteiger partial charge in [0.1, 0.15) is 5.69 Å². The topological polar surface area (TPSA) is 150 Å². The number of hydrogen-bond donors (Lipinski definition) is 3. The number of hydrogen-bond acceptors (Lipinski definition) is 8. The maximum absolute atomic E-state index is 13.2. The molecule has 0 saturated heterocycles. The molecule has 0 unspecified atom stereocenters. The van der Waals surface area contributed by atoms with Crippen LogP contribution in [0.1, 0.15) is 74.8 Å². The zero-order valence-corrected chi connectivity index (χ0v) is 23.4. The molecule has 0 aliphatic heterocycles. The lowest BCUT2D eigenvalue weighted by molar-refractivity contribution is 0.102. The van der Waals surface area contributed by atoms with Gasteiger partial charge in [-0.05, 0) is 60.2 Å². The van der Waals surface area contributed by atoms with Crippen molar-refractivity contribution in [2.24, 2.45) is 5.73 Å². The van der Waals surface area contributed by atoms with Crippen LogP contribution < -0.4 is 21.1 Å². The first kappa shape index (κ1) is 27.8. The summed E-state index contributed by atoms with van der Waals surface area (Å²) < 4.78 is 7.12. The third kappa shape index (κ3) is 6.68.